The first-order chi connectivity index (χ1) is 9.88. The lowest BCUT2D eigenvalue weighted by Crippen LogP contribution is -1.97. The highest BCUT2D eigenvalue weighted by Crippen LogP contribution is 2.36. The number of nitro benzene ring substituents is 1. The van der Waals surface area contributed by atoms with E-state index in [0.717, 1.165) is 4.90 Å². The highest BCUT2D eigenvalue weighted by molar-refractivity contribution is 9.10. The molecule has 0 saturated heterocycles. The number of hydrogen-bond acceptors (Lipinski definition) is 5. The van der Waals surface area contributed by atoms with E-state index in [1.807, 2.05) is 0 Å². The molecule has 8 heteroatoms. The van der Waals surface area contributed by atoms with Crippen LogP contribution < -0.4 is 0 Å². The van der Waals surface area contributed by atoms with Gasteiger partial charge in [0.2, 0.25) is 0 Å². The summed E-state index contributed by atoms with van der Waals surface area (Å²) in [6.45, 7) is 1.65. The lowest BCUT2D eigenvalue weighted by atomic mass is 10.2. The minimum absolute atomic E-state index is 0.0264. The molecule has 0 aliphatic heterocycles. The molecule has 2 rings (SSSR count). The Morgan fingerprint density at radius 1 is 1.43 bits per heavy atom. The van der Waals surface area contributed by atoms with Gasteiger partial charge in [-0.3, -0.25) is 10.1 Å². The fourth-order valence-electron chi connectivity index (χ4n) is 1.63. The summed E-state index contributed by atoms with van der Waals surface area (Å²) in [6, 6.07) is 5.96. The summed E-state index contributed by atoms with van der Waals surface area (Å²) in [7, 11) is 0. The number of carboxylic acid groups (broad SMARTS) is 1. The molecule has 0 aliphatic rings. The second-order valence-corrected chi connectivity index (χ2v) is 6.03. The van der Waals surface area contributed by atoms with Crippen LogP contribution in [0.3, 0.4) is 0 Å². The molecule has 0 amide bonds. The Bertz CT molecular complexity index is 736. The average molecular weight is 369 g/mol. The number of aryl methyl sites for hydroxylation is 1. The number of carboxylic acids is 1. The third-order valence-corrected chi connectivity index (χ3v) is 4.55. The highest BCUT2D eigenvalue weighted by Gasteiger charge is 2.15. The molecule has 0 atom stereocenters. The van der Waals surface area contributed by atoms with E-state index in [2.05, 4.69) is 20.9 Å². The van der Waals surface area contributed by atoms with Crippen LogP contribution in [0.15, 0.2) is 44.9 Å². The van der Waals surface area contributed by atoms with Crippen LogP contribution in [0.4, 0.5) is 5.69 Å². The number of nitrogens with zero attached hydrogens (tertiary/aromatic N) is 2. The number of rotatable bonds is 4. The molecule has 1 aromatic heterocycles. The molecule has 0 saturated carbocycles. The Kier molecular flexibility index (Phi) is 4.59. The SMILES string of the molecule is Cc1cc(Sc2cc(C(=O)O)ccn2)c(Br)cc1[N+](=O)[O-]. The molecule has 0 unspecified atom stereocenters. The molecular formula is C13H9BrN2O4S. The van der Waals surface area contributed by atoms with Gasteiger partial charge in [-0.2, -0.15) is 0 Å². The summed E-state index contributed by atoms with van der Waals surface area (Å²) in [6.07, 6.45) is 1.41. The molecule has 2 aromatic rings. The van der Waals surface area contributed by atoms with Gasteiger partial charge in [0.25, 0.3) is 5.69 Å². The van der Waals surface area contributed by atoms with E-state index in [-0.39, 0.29) is 11.3 Å². The molecular weight excluding hydrogens is 360 g/mol. The third-order valence-electron chi connectivity index (χ3n) is 2.64. The largest absolute Gasteiger partial charge is 0.478 e. The van der Waals surface area contributed by atoms with Gasteiger partial charge in [0, 0.05) is 27.2 Å². The fraction of sp³-hybridized carbons (Fsp3) is 0.0769. The standard InChI is InChI=1S/C13H9BrN2O4S/c1-7-4-11(9(14)6-10(7)16(19)20)21-12-5-8(13(17)18)2-3-15-12/h2-6H,1H3,(H,17,18). The molecule has 0 fully saturated rings. The number of benzene rings is 1. The van der Waals surface area contributed by atoms with Crippen molar-refractivity contribution in [3.8, 4) is 0 Å². The van der Waals surface area contributed by atoms with Gasteiger partial charge in [-0.1, -0.05) is 11.8 Å². The van der Waals surface area contributed by atoms with Crippen LogP contribution in [0.5, 0.6) is 0 Å². The predicted octanol–water partition coefficient (Wildman–Crippen LogP) is 3.91. The molecule has 6 nitrogen and oxygen atoms in total. The number of carbonyl (C=O) groups is 1. The van der Waals surface area contributed by atoms with Gasteiger partial charge in [0.1, 0.15) is 5.03 Å². The van der Waals surface area contributed by atoms with E-state index in [0.29, 0.717) is 15.1 Å². The van der Waals surface area contributed by atoms with Gasteiger partial charge in [-0.05, 0) is 41.1 Å². The number of hydrogen-bond donors (Lipinski definition) is 1. The van der Waals surface area contributed by atoms with E-state index in [1.165, 1.54) is 36.2 Å². The maximum atomic E-state index is 10.9. The zero-order valence-corrected chi connectivity index (χ0v) is 13.1. The van der Waals surface area contributed by atoms with E-state index in [1.54, 1.807) is 13.0 Å². The van der Waals surface area contributed by atoms with Crippen LogP contribution >= 0.6 is 27.7 Å². The summed E-state index contributed by atoms with van der Waals surface area (Å²) in [5.74, 6) is -1.03. The average Bonchev–Trinajstić information content (AvgIpc) is 2.42. The van der Waals surface area contributed by atoms with Crippen molar-refractivity contribution in [2.75, 3.05) is 0 Å². The number of aromatic carboxylic acids is 1. The molecule has 0 aliphatic carbocycles. The van der Waals surface area contributed by atoms with Crippen molar-refractivity contribution in [2.45, 2.75) is 16.8 Å². The van der Waals surface area contributed by atoms with Crippen molar-refractivity contribution in [3.63, 3.8) is 0 Å². The Balaban J connectivity index is 2.36. The van der Waals surface area contributed by atoms with Crippen LogP contribution in [0.2, 0.25) is 0 Å². The summed E-state index contributed by atoms with van der Waals surface area (Å²) in [4.78, 5) is 26.2. The fourth-order valence-corrected chi connectivity index (χ4v) is 3.12. The van der Waals surface area contributed by atoms with Crippen LogP contribution in [-0.4, -0.2) is 21.0 Å². The van der Waals surface area contributed by atoms with Gasteiger partial charge in [-0.15, -0.1) is 0 Å². The van der Waals surface area contributed by atoms with Crippen molar-refractivity contribution in [1.82, 2.24) is 4.98 Å². The van der Waals surface area contributed by atoms with E-state index in [4.69, 9.17) is 5.11 Å². The summed E-state index contributed by atoms with van der Waals surface area (Å²) < 4.78 is 0.562. The second-order valence-electron chi connectivity index (χ2n) is 4.12. The highest BCUT2D eigenvalue weighted by atomic mass is 79.9. The van der Waals surface area contributed by atoms with Crippen molar-refractivity contribution >= 4 is 39.3 Å². The summed E-state index contributed by atoms with van der Waals surface area (Å²) in [5.41, 5.74) is 0.695. The Hall–Kier alpha value is -1.93. The summed E-state index contributed by atoms with van der Waals surface area (Å²) in [5, 5.41) is 20.3. The zero-order chi connectivity index (χ0) is 15.6. The first-order valence-electron chi connectivity index (χ1n) is 5.70. The topological polar surface area (TPSA) is 93.3 Å². The Labute approximate surface area is 132 Å². The van der Waals surface area contributed by atoms with Crippen LogP contribution in [-0.2, 0) is 0 Å². The quantitative estimate of drug-likeness (QED) is 0.649. The van der Waals surface area contributed by atoms with E-state index in [9.17, 15) is 14.9 Å². The van der Waals surface area contributed by atoms with Gasteiger partial charge >= 0.3 is 5.97 Å². The van der Waals surface area contributed by atoms with Gasteiger partial charge in [0.05, 0.1) is 10.5 Å². The lowest BCUT2D eigenvalue weighted by molar-refractivity contribution is -0.385. The molecule has 108 valence electrons. The van der Waals surface area contributed by atoms with Crippen LogP contribution in [0.1, 0.15) is 15.9 Å². The number of pyridine rings is 1. The maximum absolute atomic E-state index is 10.9. The molecule has 21 heavy (non-hydrogen) atoms. The molecule has 1 N–H and O–H groups in total. The molecule has 1 heterocycles. The van der Waals surface area contributed by atoms with Gasteiger partial charge < -0.3 is 5.11 Å². The number of nitro groups is 1. The molecule has 1 aromatic carbocycles. The normalized spacial score (nSPS) is 10.4. The number of halogens is 1. The van der Waals surface area contributed by atoms with Gasteiger partial charge in [0.15, 0.2) is 0 Å². The third kappa shape index (κ3) is 3.59. The van der Waals surface area contributed by atoms with Gasteiger partial charge in [-0.25, -0.2) is 9.78 Å². The van der Waals surface area contributed by atoms with Crippen LogP contribution in [0.25, 0.3) is 0 Å². The first-order valence-corrected chi connectivity index (χ1v) is 7.31. The Morgan fingerprint density at radius 3 is 2.76 bits per heavy atom. The summed E-state index contributed by atoms with van der Waals surface area (Å²) >= 11 is 4.52. The van der Waals surface area contributed by atoms with Crippen molar-refractivity contribution < 1.29 is 14.8 Å². The maximum Gasteiger partial charge on any atom is 0.335 e. The monoisotopic (exact) mass is 368 g/mol. The molecule has 0 spiro atoms. The zero-order valence-electron chi connectivity index (χ0n) is 10.7. The lowest BCUT2D eigenvalue weighted by Gasteiger charge is -2.06. The van der Waals surface area contributed by atoms with Crippen molar-refractivity contribution in [2.24, 2.45) is 0 Å². The minimum Gasteiger partial charge on any atom is -0.478 e. The first kappa shape index (κ1) is 15.5. The minimum atomic E-state index is -1.03. The Morgan fingerprint density at radius 2 is 2.14 bits per heavy atom. The molecule has 0 radical (unpaired) electrons. The second kappa shape index (κ2) is 6.23. The predicted molar refractivity (Wildman–Crippen MR) is 80.9 cm³/mol. The smallest absolute Gasteiger partial charge is 0.335 e. The van der Waals surface area contributed by atoms with Crippen molar-refractivity contribution in [3.05, 3.63) is 56.2 Å². The van der Waals surface area contributed by atoms with E-state index < -0.39 is 10.9 Å². The van der Waals surface area contributed by atoms with Crippen molar-refractivity contribution in [1.29, 1.82) is 0 Å². The van der Waals surface area contributed by atoms with Crippen LogP contribution in [0, 0.1) is 17.0 Å². The molecule has 0 bridgehead atoms. The van der Waals surface area contributed by atoms with E-state index >= 15 is 0 Å². The number of aromatic nitrogens is 1.